The van der Waals surface area contributed by atoms with E-state index in [0.29, 0.717) is 11.6 Å². The summed E-state index contributed by atoms with van der Waals surface area (Å²) in [5.74, 6) is -1.48. The van der Waals surface area contributed by atoms with Crippen LogP contribution in [0, 0.1) is 12.3 Å². The number of aromatic carboxylic acids is 1. The summed E-state index contributed by atoms with van der Waals surface area (Å²) in [6.45, 7) is 2.04. The Bertz CT molecular complexity index is 724. The van der Waals surface area contributed by atoms with Crippen molar-refractivity contribution >= 4 is 28.7 Å². The van der Waals surface area contributed by atoms with Gasteiger partial charge in [-0.15, -0.1) is 11.3 Å². The van der Waals surface area contributed by atoms with Gasteiger partial charge in [-0.3, -0.25) is 0 Å². The number of thiazole rings is 1. The van der Waals surface area contributed by atoms with Crippen molar-refractivity contribution in [2.45, 2.75) is 45.1 Å². The van der Waals surface area contributed by atoms with Crippen LogP contribution < -0.4 is 5.32 Å². The maximum absolute atomic E-state index is 10.5. The second-order valence-corrected chi connectivity index (χ2v) is 6.86. The first-order valence-corrected chi connectivity index (χ1v) is 9.13. The van der Waals surface area contributed by atoms with Gasteiger partial charge in [0.25, 0.3) is 0 Å². The van der Waals surface area contributed by atoms with Crippen molar-refractivity contribution in [2.24, 2.45) is 0 Å². The molecule has 0 amide bonds. The molecule has 0 unspecified atom stereocenters. The van der Waals surface area contributed by atoms with Gasteiger partial charge in [-0.05, 0) is 43.5 Å². The lowest BCUT2D eigenvalue weighted by molar-refractivity contribution is 0.0693. The highest BCUT2D eigenvalue weighted by molar-refractivity contribution is 7.13. The molecule has 2 aromatic rings. The number of hydrogen-bond acceptors (Lipinski definition) is 6. The van der Waals surface area contributed by atoms with E-state index in [1.54, 1.807) is 11.3 Å². The van der Waals surface area contributed by atoms with E-state index in [2.05, 4.69) is 15.7 Å². The molecule has 1 aromatic carbocycles. The molecule has 1 heterocycles. The van der Waals surface area contributed by atoms with Gasteiger partial charge < -0.3 is 20.9 Å². The van der Waals surface area contributed by atoms with Gasteiger partial charge >= 0.3 is 5.97 Å². The summed E-state index contributed by atoms with van der Waals surface area (Å²) in [6, 6.07) is 4.64. The van der Waals surface area contributed by atoms with Gasteiger partial charge in [0.15, 0.2) is 5.13 Å². The van der Waals surface area contributed by atoms with E-state index in [1.807, 2.05) is 6.92 Å². The smallest absolute Gasteiger partial charge is 0.339 e. The number of aryl methyl sites for hydroxylation is 1. The van der Waals surface area contributed by atoms with Gasteiger partial charge in [0.1, 0.15) is 11.3 Å². The second kappa shape index (κ2) is 9.17. The van der Waals surface area contributed by atoms with E-state index in [9.17, 15) is 4.79 Å². The van der Waals surface area contributed by atoms with Gasteiger partial charge in [0, 0.05) is 17.6 Å². The van der Waals surface area contributed by atoms with Gasteiger partial charge in [-0.2, -0.15) is 0 Å². The zero-order valence-corrected chi connectivity index (χ0v) is 15.0. The quantitative estimate of drug-likeness (QED) is 0.608. The SMILES string of the molecule is Cc1csc(NC2CCCCC2)n1.N=Cc1ccc(O)c(C(=O)O)c1. The number of carbonyl (C=O) groups is 1. The van der Waals surface area contributed by atoms with Crippen LogP contribution >= 0.6 is 11.3 Å². The Hall–Kier alpha value is -2.41. The molecule has 4 N–H and O–H groups in total. The number of carboxylic acids is 1. The first-order chi connectivity index (χ1) is 12.0. The van der Waals surface area contributed by atoms with E-state index in [-0.39, 0.29) is 11.3 Å². The van der Waals surface area contributed by atoms with Crippen LogP contribution in [-0.4, -0.2) is 33.4 Å². The van der Waals surface area contributed by atoms with Gasteiger partial charge in [0.05, 0.1) is 5.69 Å². The molecule has 25 heavy (non-hydrogen) atoms. The van der Waals surface area contributed by atoms with Crippen molar-refractivity contribution in [2.75, 3.05) is 5.32 Å². The van der Waals surface area contributed by atoms with Crippen molar-refractivity contribution in [1.82, 2.24) is 4.98 Å². The molecule has 6 nitrogen and oxygen atoms in total. The molecule has 1 fully saturated rings. The zero-order chi connectivity index (χ0) is 18.2. The predicted octanol–water partition coefficient (Wildman–Crippen LogP) is 4.28. The van der Waals surface area contributed by atoms with Gasteiger partial charge in [-0.1, -0.05) is 19.3 Å². The fourth-order valence-electron chi connectivity index (χ4n) is 2.66. The molecule has 0 bridgehead atoms. The molecule has 7 heteroatoms. The number of carboxylic acid groups (broad SMARTS) is 1. The minimum absolute atomic E-state index is 0.184. The fraction of sp³-hybridized carbons (Fsp3) is 0.389. The highest BCUT2D eigenvalue weighted by Crippen LogP contribution is 2.23. The lowest BCUT2D eigenvalue weighted by Gasteiger charge is -2.22. The van der Waals surface area contributed by atoms with Crippen molar-refractivity contribution in [3.05, 3.63) is 40.4 Å². The molecule has 0 aliphatic heterocycles. The molecule has 0 saturated heterocycles. The van der Waals surface area contributed by atoms with Crippen molar-refractivity contribution in [3.8, 4) is 5.75 Å². The molecule has 1 aliphatic rings. The second-order valence-electron chi connectivity index (χ2n) is 6.00. The standard InChI is InChI=1S/C10H16N2S.C8H7NO3/c1-8-7-13-10(11-8)12-9-5-3-2-4-6-9;9-4-5-1-2-7(10)6(3-5)8(11)12/h7,9H,2-6H2,1H3,(H,11,12);1-4,9-10H,(H,11,12). The lowest BCUT2D eigenvalue weighted by Crippen LogP contribution is -2.21. The summed E-state index contributed by atoms with van der Waals surface area (Å²) in [5, 5.41) is 31.2. The van der Waals surface area contributed by atoms with Gasteiger partial charge in [-0.25, -0.2) is 9.78 Å². The number of nitrogens with one attached hydrogen (secondary N) is 2. The predicted molar refractivity (Wildman–Crippen MR) is 100 cm³/mol. The summed E-state index contributed by atoms with van der Waals surface area (Å²) in [6.07, 6.45) is 7.82. The van der Waals surface area contributed by atoms with E-state index in [4.69, 9.17) is 15.6 Å². The normalized spacial score (nSPS) is 14.3. The number of aromatic hydroxyl groups is 1. The third kappa shape index (κ3) is 5.86. The number of anilines is 1. The highest BCUT2D eigenvalue weighted by atomic mass is 32.1. The average Bonchev–Trinajstić information content (AvgIpc) is 3.01. The first-order valence-electron chi connectivity index (χ1n) is 8.25. The third-order valence-corrected chi connectivity index (χ3v) is 4.86. The minimum Gasteiger partial charge on any atom is -0.507 e. The van der Waals surface area contributed by atoms with Crippen LogP contribution in [0.3, 0.4) is 0 Å². The molecule has 0 radical (unpaired) electrons. The highest BCUT2D eigenvalue weighted by Gasteiger charge is 2.13. The van der Waals surface area contributed by atoms with Crippen LogP contribution in [-0.2, 0) is 0 Å². The summed E-state index contributed by atoms with van der Waals surface area (Å²) in [4.78, 5) is 14.9. The van der Waals surface area contributed by atoms with E-state index >= 15 is 0 Å². The Labute approximate surface area is 151 Å². The summed E-state index contributed by atoms with van der Waals surface area (Å²) >= 11 is 1.72. The third-order valence-electron chi connectivity index (χ3n) is 3.97. The molecule has 1 saturated carbocycles. The van der Waals surface area contributed by atoms with Crippen LogP contribution in [0.1, 0.15) is 53.7 Å². The molecular weight excluding hydrogens is 338 g/mol. The largest absolute Gasteiger partial charge is 0.507 e. The molecule has 1 aliphatic carbocycles. The molecule has 1 aromatic heterocycles. The van der Waals surface area contributed by atoms with Crippen LogP contribution in [0.15, 0.2) is 23.6 Å². The van der Waals surface area contributed by atoms with Crippen LogP contribution in [0.2, 0.25) is 0 Å². The monoisotopic (exact) mass is 361 g/mol. The molecule has 134 valence electrons. The Balaban J connectivity index is 0.000000181. The topological polar surface area (TPSA) is 106 Å². The van der Waals surface area contributed by atoms with Crippen LogP contribution in [0.25, 0.3) is 0 Å². The van der Waals surface area contributed by atoms with Crippen molar-refractivity contribution < 1.29 is 15.0 Å². The summed E-state index contributed by atoms with van der Waals surface area (Å²) in [7, 11) is 0. The Morgan fingerprint density at radius 2 is 2.08 bits per heavy atom. The van der Waals surface area contributed by atoms with E-state index < -0.39 is 5.97 Å². The van der Waals surface area contributed by atoms with Crippen LogP contribution in [0.4, 0.5) is 5.13 Å². The Kier molecular flexibility index (Phi) is 6.94. The summed E-state index contributed by atoms with van der Waals surface area (Å²) < 4.78 is 0. The number of hydrogen-bond donors (Lipinski definition) is 4. The number of rotatable bonds is 4. The first kappa shape index (κ1) is 18.9. The maximum Gasteiger partial charge on any atom is 0.339 e. The molecule has 0 spiro atoms. The number of phenols is 1. The summed E-state index contributed by atoms with van der Waals surface area (Å²) in [5.41, 5.74) is 1.39. The zero-order valence-electron chi connectivity index (χ0n) is 14.2. The molecule has 0 atom stereocenters. The molecule has 3 rings (SSSR count). The fourth-order valence-corrected chi connectivity index (χ4v) is 3.42. The number of benzene rings is 1. The average molecular weight is 361 g/mol. The Morgan fingerprint density at radius 1 is 1.36 bits per heavy atom. The Morgan fingerprint density at radius 3 is 2.64 bits per heavy atom. The lowest BCUT2D eigenvalue weighted by atomic mass is 9.96. The van der Waals surface area contributed by atoms with E-state index in [1.165, 1.54) is 50.3 Å². The van der Waals surface area contributed by atoms with E-state index in [0.717, 1.165) is 17.0 Å². The maximum atomic E-state index is 10.5. The minimum atomic E-state index is -1.20. The number of nitrogens with zero attached hydrogens (tertiary/aromatic N) is 1. The van der Waals surface area contributed by atoms with Gasteiger partial charge in [0.2, 0.25) is 0 Å². The number of aromatic nitrogens is 1. The van der Waals surface area contributed by atoms with Crippen molar-refractivity contribution in [3.63, 3.8) is 0 Å². The molecular formula is C18H23N3O3S. The van der Waals surface area contributed by atoms with Crippen molar-refractivity contribution in [1.29, 1.82) is 5.41 Å². The van der Waals surface area contributed by atoms with Crippen LogP contribution in [0.5, 0.6) is 5.75 Å².